The van der Waals surface area contributed by atoms with E-state index in [4.69, 9.17) is 14.2 Å². The van der Waals surface area contributed by atoms with E-state index in [1.54, 1.807) is 36.4 Å². The average Bonchev–Trinajstić information content (AvgIpc) is 2.82. The predicted molar refractivity (Wildman–Crippen MR) is 121 cm³/mol. The van der Waals surface area contributed by atoms with Gasteiger partial charge in [0.1, 0.15) is 12.3 Å². The first-order chi connectivity index (χ1) is 15.9. The van der Waals surface area contributed by atoms with Crippen molar-refractivity contribution in [2.45, 2.75) is 26.7 Å². The number of hydrogen-bond acceptors (Lipinski definition) is 7. The van der Waals surface area contributed by atoms with Gasteiger partial charge in [-0.3, -0.25) is 14.4 Å². The van der Waals surface area contributed by atoms with E-state index in [1.165, 1.54) is 12.1 Å². The van der Waals surface area contributed by atoms with Crippen LogP contribution in [0, 0.1) is 0 Å². The SMILES string of the molecule is CCCCOC(=O)c1ccc(NC(=O)COC(=O)CNC(=O)c2ccc(OCC)cc2)cc1. The Kier molecular flexibility index (Phi) is 10.4. The van der Waals surface area contributed by atoms with Gasteiger partial charge in [-0.2, -0.15) is 0 Å². The maximum atomic E-state index is 12.1. The summed E-state index contributed by atoms with van der Waals surface area (Å²) >= 11 is 0. The van der Waals surface area contributed by atoms with Crippen molar-refractivity contribution in [1.82, 2.24) is 5.32 Å². The minimum atomic E-state index is -0.755. The number of carbonyl (C=O) groups excluding carboxylic acids is 4. The van der Waals surface area contributed by atoms with E-state index in [1.807, 2.05) is 13.8 Å². The Bertz CT molecular complexity index is 940. The van der Waals surface area contributed by atoms with Crippen LogP contribution in [0.4, 0.5) is 5.69 Å². The monoisotopic (exact) mass is 456 g/mol. The maximum absolute atomic E-state index is 12.1. The fourth-order valence-electron chi connectivity index (χ4n) is 2.60. The molecule has 9 heteroatoms. The van der Waals surface area contributed by atoms with Gasteiger partial charge in [0.05, 0.1) is 18.8 Å². The van der Waals surface area contributed by atoms with Gasteiger partial charge in [0, 0.05) is 11.3 Å². The summed E-state index contributed by atoms with van der Waals surface area (Å²) in [6.07, 6.45) is 1.72. The third kappa shape index (κ3) is 9.02. The summed E-state index contributed by atoms with van der Waals surface area (Å²) in [5.41, 5.74) is 1.17. The Labute approximate surface area is 192 Å². The van der Waals surface area contributed by atoms with Crippen molar-refractivity contribution in [2.24, 2.45) is 0 Å². The molecule has 0 aliphatic rings. The molecule has 9 nitrogen and oxygen atoms in total. The zero-order chi connectivity index (χ0) is 24.1. The Morgan fingerprint density at radius 1 is 0.848 bits per heavy atom. The van der Waals surface area contributed by atoms with Crippen LogP contribution < -0.4 is 15.4 Å². The number of amides is 2. The maximum Gasteiger partial charge on any atom is 0.338 e. The van der Waals surface area contributed by atoms with Gasteiger partial charge in [0.15, 0.2) is 6.61 Å². The number of benzene rings is 2. The molecule has 33 heavy (non-hydrogen) atoms. The van der Waals surface area contributed by atoms with Gasteiger partial charge in [-0.1, -0.05) is 13.3 Å². The molecular weight excluding hydrogens is 428 g/mol. The van der Waals surface area contributed by atoms with E-state index < -0.39 is 30.4 Å². The van der Waals surface area contributed by atoms with E-state index in [9.17, 15) is 19.2 Å². The molecule has 2 rings (SSSR count). The highest BCUT2D eigenvalue weighted by atomic mass is 16.5. The first-order valence-corrected chi connectivity index (χ1v) is 10.7. The number of anilines is 1. The van der Waals surface area contributed by atoms with Crippen LogP contribution in [0.25, 0.3) is 0 Å². The van der Waals surface area contributed by atoms with Gasteiger partial charge < -0.3 is 24.8 Å². The fourth-order valence-corrected chi connectivity index (χ4v) is 2.60. The molecule has 0 spiro atoms. The normalized spacial score (nSPS) is 10.1. The van der Waals surface area contributed by atoms with Gasteiger partial charge >= 0.3 is 11.9 Å². The molecule has 0 unspecified atom stereocenters. The summed E-state index contributed by atoms with van der Waals surface area (Å²) in [6.45, 7) is 3.84. The summed E-state index contributed by atoms with van der Waals surface area (Å²) in [7, 11) is 0. The van der Waals surface area contributed by atoms with E-state index in [0.717, 1.165) is 12.8 Å². The molecule has 2 amide bonds. The van der Waals surface area contributed by atoms with Crippen molar-refractivity contribution >= 4 is 29.4 Å². The lowest BCUT2D eigenvalue weighted by Gasteiger charge is -2.09. The highest BCUT2D eigenvalue weighted by Gasteiger charge is 2.12. The topological polar surface area (TPSA) is 120 Å². The summed E-state index contributed by atoms with van der Waals surface area (Å²) in [6, 6.07) is 12.6. The molecule has 0 radical (unpaired) electrons. The van der Waals surface area contributed by atoms with Gasteiger partial charge in [-0.25, -0.2) is 4.79 Å². The molecule has 0 heterocycles. The molecule has 0 atom stereocenters. The molecule has 0 saturated carbocycles. The highest BCUT2D eigenvalue weighted by molar-refractivity contribution is 5.97. The second kappa shape index (κ2) is 13.5. The van der Waals surface area contributed by atoms with E-state index >= 15 is 0 Å². The smallest absolute Gasteiger partial charge is 0.338 e. The van der Waals surface area contributed by atoms with Crippen molar-refractivity contribution in [3.05, 3.63) is 59.7 Å². The van der Waals surface area contributed by atoms with Crippen LogP contribution in [0.15, 0.2) is 48.5 Å². The number of hydrogen-bond donors (Lipinski definition) is 2. The highest BCUT2D eigenvalue weighted by Crippen LogP contribution is 2.12. The third-order valence-electron chi connectivity index (χ3n) is 4.32. The van der Waals surface area contributed by atoms with Gasteiger partial charge in [0.25, 0.3) is 11.8 Å². The van der Waals surface area contributed by atoms with E-state index in [2.05, 4.69) is 10.6 Å². The third-order valence-corrected chi connectivity index (χ3v) is 4.32. The van der Waals surface area contributed by atoms with Crippen molar-refractivity contribution in [3.8, 4) is 5.75 Å². The second-order valence-electron chi connectivity index (χ2n) is 6.92. The molecule has 0 fully saturated rings. The van der Waals surface area contributed by atoms with Crippen LogP contribution in [0.2, 0.25) is 0 Å². The first-order valence-electron chi connectivity index (χ1n) is 10.7. The average molecular weight is 456 g/mol. The fraction of sp³-hybridized carbons (Fsp3) is 0.333. The van der Waals surface area contributed by atoms with E-state index in [-0.39, 0.29) is 6.54 Å². The van der Waals surface area contributed by atoms with Crippen LogP contribution in [0.5, 0.6) is 5.75 Å². The molecular formula is C24H28N2O7. The van der Waals surface area contributed by atoms with Crippen LogP contribution in [-0.2, 0) is 19.1 Å². The number of nitrogens with one attached hydrogen (secondary N) is 2. The minimum Gasteiger partial charge on any atom is -0.494 e. The zero-order valence-corrected chi connectivity index (χ0v) is 18.7. The van der Waals surface area contributed by atoms with Crippen LogP contribution in [0.1, 0.15) is 47.4 Å². The Hall–Kier alpha value is -3.88. The number of unbranched alkanes of at least 4 members (excludes halogenated alkanes) is 1. The molecule has 2 N–H and O–H groups in total. The van der Waals surface area contributed by atoms with Crippen molar-refractivity contribution < 1.29 is 33.4 Å². The van der Waals surface area contributed by atoms with E-state index in [0.29, 0.717) is 35.8 Å². The molecule has 176 valence electrons. The predicted octanol–water partition coefficient (Wildman–Crippen LogP) is 2.95. The summed E-state index contributed by atoms with van der Waals surface area (Å²) in [5.74, 6) is -1.55. The number of ether oxygens (including phenoxy) is 3. The summed E-state index contributed by atoms with van der Waals surface area (Å²) < 4.78 is 15.3. The van der Waals surface area contributed by atoms with Gasteiger partial charge in [-0.15, -0.1) is 0 Å². The lowest BCUT2D eigenvalue weighted by Crippen LogP contribution is -2.32. The molecule has 0 aliphatic heterocycles. The van der Waals surface area contributed by atoms with Crippen LogP contribution in [0.3, 0.4) is 0 Å². The number of carbonyl (C=O) groups is 4. The molecule has 0 bridgehead atoms. The summed E-state index contributed by atoms with van der Waals surface area (Å²) in [4.78, 5) is 47.7. The zero-order valence-electron chi connectivity index (χ0n) is 18.7. The Morgan fingerprint density at radius 3 is 2.15 bits per heavy atom. The lowest BCUT2D eigenvalue weighted by atomic mass is 10.2. The van der Waals surface area contributed by atoms with Crippen molar-refractivity contribution in [1.29, 1.82) is 0 Å². The number of esters is 2. The Balaban J connectivity index is 1.70. The summed E-state index contributed by atoms with van der Waals surface area (Å²) in [5, 5.41) is 4.98. The first kappa shape index (κ1) is 25.4. The van der Waals surface area contributed by atoms with Crippen LogP contribution in [-0.4, -0.2) is 50.1 Å². The largest absolute Gasteiger partial charge is 0.494 e. The van der Waals surface area contributed by atoms with Crippen molar-refractivity contribution in [3.63, 3.8) is 0 Å². The molecule has 0 aromatic heterocycles. The molecule has 2 aromatic carbocycles. The minimum absolute atomic E-state index is 0.361. The van der Waals surface area contributed by atoms with Crippen LogP contribution >= 0.6 is 0 Å². The number of rotatable bonds is 12. The lowest BCUT2D eigenvalue weighted by molar-refractivity contribution is -0.146. The molecule has 0 saturated heterocycles. The molecule has 0 aliphatic carbocycles. The second-order valence-corrected chi connectivity index (χ2v) is 6.92. The standard InChI is InChI=1S/C24H28N2O7/c1-3-5-14-32-24(30)18-6-10-19(11-7-18)26-21(27)16-33-22(28)15-25-23(29)17-8-12-20(13-9-17)31-4-2/h6-13H,3-5,14-16H2,1-2H3,(H,25,29)(H,26,27). The Morgan fingerprint density at radius 2 is 1.52 bits per heavy atom. The molecule has 2 aromatic rings. The van der Waals surface area contributed by atoms with Crippen molar-refractivity contribution in [2.75, 3.05) is 31.7 Å². The quantitative estimate of drug-likeness (QED) is 0.372. The van der Waals surface area contributed by atoms with Gasteiger partial charge in [0.2, 0.25) is 0 Å². The van der Waals surface area contributed by atoms with Gasteiger partial charge in [-0.05, 0) is 61.9 Å².